The summed E-state index contributed by atoms with van der Waals surface area (Å²) in [6.07, 6.45) is 0.359. The van der Waals surface area contributed by atoms with Crippen LogP contribution < -0.4 is 11.1 Å². The number of amides is 2. The van der Waals surface area contributed by atoms with E-state index in [2.05, 4.69) is 5.32 Å². The van der Waals surface area contributed by atoms with Gasteiger partial charge in [0, 0.05) is 11.3 Å². The van der Waals surface area contributed by atoms with Crippen LogP contribution in [0.5, 0.6) is 0 Å². The van der Waals surface area contributed by atoms with E-state index in [0.717, 1.165) is 5.56 Å². The zero-order valence-corrected chi connectivity index (χ0v) is 7.20. The van der Waals surface area contributed by atoms with Crippen LogP contribution in [0.2, 0.25) is 0 Å². The van der Waals surface area contributed by atoms with Crippen molar-refractivity contribution in [2.75, 3.05) is 5.73 Å². The molecule has 1 aromatic carbocycles. The maximum absolute atomic E-state index is 11.2. The van der Waals surface area contributed by atoms with Gasteiger partial charge in [0.25, 0.3) is 5.91 Å². The monoisotopic (exact) mass is 178 g/mol. The summed E-state index contributed by atoms with van der Waals surface area (Å²) in [7, 11) is 0. The summed E-state index contributed by atoms with van der Waals surface area (Å²) >= 11 is 0. The lowest BCUT2D eigenvalue weighted by Crippen LogP contribution is -2.22. The Kier molecular flexibility index (Phi) is 2.64. The molecule has 0 heterocycles. The van der Waals surface area contributed by atoms with Crippen LogP contribution in [0.4, 0.5) is 5.69 Å². The topological polar surface area (TPSA) is 72.2 Å². The molecule has 13 heavy (non-hydrogen) atoms. The minimum atomic E-state index is -0.410. The maximum atomic E-state index is 11.2. The molecule has 0 aromatic heterocycles. The number of nitrogens with two attached hydrogens (primary N) is 1. The molecule has 1 rings (SSSR count). The number of hydrogen-bond donors (Lipinski definition) is 2. The highest BCUT2D eigenvalue weighted by molar-refractivity contribution is 6.01. The van der Waals surface area contributed by atoms with E-state index < -0.39 is 5.91 Å². The van der Waals surface area contributed by atoms with Gasteiger partial charge in [-0.25, -0.2) is 0 Å². The highest BCUT2D eigenvalue weighted by Gasteiger charge is 2.06. The first-order valence-electron chi connectivity index (χ1n) is 3.76. The molecule has 0 unspecified atom stereocenters. The second kappa shape index (κ2) is 3.71. The van der Waals surface area contributed by atoms with Crippen LogP contribution in [0.15, 0.2) is 18.2 Å². The summed E-state index contributed by atoms with van der Waals surface area (Å²) in [6.45, 7) is 1.76. The Bertz CT molecular complexity index is 347. The molecule has 0 atom stereocenters. The fourth-order valence-electron chi connectivity index (χ4n) is 1.07. The van der Waals surface area contributed by atoms with E-state index in [1.165, 1.54) is 0 Å². The molecular weight excluding hydrogens is 168 g/mol. The number of carbonyl (C=O) groups is 2. The predicted octanol–water partition coefficient (Wildman–Crippen LogP) is 0.463. The van der Waals surface area contributed by atoms with Crippen LogP contribution in [-0.4, -0.2) is 12.3 Å². The van der Waals surface area contributed by atoms with Gasteiger partial charge in [-0.05, 0) is 30.7 Å². The summed E-state index contributed by atoms with van der Waals surface area (Å²) < 4.78 is 0. The van der Waals surface area contributed by atoms with Crippen molar-refractivity contribution in [3.63, 3.8) is 0 Å². The Morgan fingerprint density at radius 2 is 2.23 bits per heavy atom. The van der Waals surface area contributed by atoms with Crippen molar-refractivity contribution in [3.05, 3.63) is 29.3 Å². The predicted molar refractivity (Wildman–Crippen MR) is 49.1 cm³/mol. The van der Waals surface area contributed by atoms with Crippen molar-refractivity contribution in [2.24, 2.45) is 0 Å². The third kappa shape index (κ3) is 2.05. The molecule has 68 valence electrons. The summed E-state index contributed by atoms with van der Waals surface area (Å²) in [5.41, 5.74) is 7.31. The minimum absolute atomic E-state index is 0.359. The van der Waals surface area contributed by atoms with Gasteiger partial charge in [-0.3, -0.25) is 14.9 Å². The van der Waals surface area contributed by atoms with Gasteiger partial charge in [0.15, 0.2) is 0 Å². The molecule has 0 aliphatic rings. The first-order valence-corrected chi connectivity index (χ1v) is 3.76. The van der Waals surface area contributed by atoms with E-state index in [9.17, 15) is 9.59 Å². The van der Waals surface area contributed by atoms with Gasteiger partial charge in [-0.15, -0.1) is 0 Å². The van der Waals surface area contributed by atoms with Gasteiger partial charge in [0.05, 0.1) is 0 Å². The molecule has 0 spiro atoms. The molecule has 0 saturated carbocycles. The molecule has 1 aromatic rings. The van der Waals surface area contributed by atoms with E-state index in [4.69, 9.17) is 5.73 Å². The number of carbonyl (C=O) groups excluding carboxylic acids is 2. The lowest BCUT2D eigenvalue weighted by Gasteiger charge is -2.03. The number of nitrogen functional groups attached to an aromatic ring is 1. The fourth-order valence-corrected chi connectivity index (χ4v) is 1.07. The van der Waals surface area contributed by atoms with Gasteiger partial charge >= 0.3 is 0 Å². The lowest BCUT2D eigenvalue weighted by molar-refractivity contribution is -0.108. The second-order valence-corrected chi connectivity index (χ2v) is 2.67. The molecule has 0 aliphatic carbocycles. The Labute approximate surface area is 75.7 Å². The molecule has 4 heteroatoms. The summed E-state index contributed by atoms with van der Waals surface area (Å²) in [4.78, 5) is 21.2. The number of nitrogens with one attached hydrogen (secondary N) is 1. The van der Waals surface area contributed by atoms with Crippen LogP contribution in [0.3, 0.4) is 0 Å². The van der Waals surface area contributed by atoms with E-state index >= 15 is 0 Å². The number of rotatable bonds is 2. The largest absolute Gasteiger partial charge is 0.399 e. The normalized spacial score (nSPS) is 9.31. The van der Waals surface area contributed by atoms with Crippen molar-refractivity contribution in [3.8, 4) is 0 Å². The zero-order valence-electron chi connectivity index (χ0n) is 7.20. The van der Waals surface area contributed by atoms with Crippen molar-refractivity contribution >= 4 is 18.0 Å². The lowest BCUT2D eigenvalue weighted by atomic mass is 10.1. The van der Waals surface area contributed by atoms with Crippen LogP contribution in [0.25, 0.3) is 0 Å². The molecule has 0 aliphatic heterocycles. The quantitative estimate of drug-likeness (QED) is 0.510. The highest BCUT2D eigenvalue weighted by atomic mass is 16.2. The minimum Gasteiger partial charge on any atom is -0.399 e. The average molecular weight is 178 g/mol. The Hall–Kier alpha value is -1.84. The smallest absolute Gasteiger partial charge is 0.257 e. The van der Waals surface area contributed by atoms with Crippen LogP contribution >= 0.6 is 0 Å². The third-order valence-electron chi connectivity index (χ3n) is 1.69. The Morgan fingerprint density at radius 1 is 1.54 bits per heavy atom. The molecule has 4 nitrogen and oxygen atoms in total. The van der Waals surface area contributed by atoms with Gasteiger partial charge in [-0.1, -0.05) is 0 Å². The van der Waals surface area contributed by atoms with Crippen molar-refractivity contribution in [2.45, 2.75) is 6.92 Å². The van der Waals surface area contributed by atoms with Crippen molar-refractivity contribution in [1.29, 1.82) is 0 Å². The van der Waals surface area contributed by atoms with E-state index in [-0.39, 0.29) is 0 Å². The van der Waals surface area contributed by atoms with Crippen molar-refractivity contribution in [1.82, 2.24) is 5.32 Å². The molecule has 0 saturated heterocycles. The first kappa shape index (κ1) is 9.25. The number of hydrogen-bond acceptors (Lipinski definition) is 3. The van der Waals surface area contributed by atoms with Crippen molar-refractivity contribution < 1.29 is 9.59 Å². The zero-order chi connectivity index (χ0) is 9.84. The Morgan fingerprint density at radius 3 is 2.77 bits per heavy atom. The van der Waals surface area contributed by atoms with Gasteiger partial charge in [0.2, 0.25) is 6.41 Å². The number of anilines is 1. The molecule has 3 N–H and O–H groups in total. The standard InChI is InChI=1S/C9H10N2O2/c1-6-4-7(10)2-3-8(6)9(13)11-5-12/h2-5H,10H2,1H3,(H,11,12,13). The molecule has 2 amide bonds. The average Bonchev–Trinajstić information content (AvgIpc) is 2.04. The molecule has 0 radical (unpaired) electrons. The summed E-state index contributed by atoms with van der Waals surface area (Å²) in [5, 5.41) is 2.06. The van der Waals surface area contributed by atoms with Gasteiger partial charge in [0.1, 0.15) is 0 Å². The maximum Gasteiger partial charge on any atom is 0.257 e. The molecule has 0 bridgehead atoms. The SMILES string of the molecule is Cc1cc(N)ccc1C(=O)NC=O. The Balaban J connectivity index is 3.01. The highest BCUT2D eigenvalue weighted by Crippen LogP contribution is 2.11. The number of imide groups is 1. The van der Waals surface area contributed by atoms with Crippen LogP contribution in [-0.2, 0) is 4.79 Å². The fraction of sp³-hybridized carbons (Fsp3) is 0.111. The van der Waals surface area contributed by atoms with Crippen LogP contribution in [0, 0.1) is 6.92 Å². The van der Waals surface area contributed by atoms with E-state index in [1.54, 1.807) is 25.1 Å². The number of benzene rings is 1. The summed E-state index contributed by atoms with van der Waals surface area (Å²) in [5.74, 6) is -0.410. The third-order valence-corrected chi connectivity index (χ3v) is 1.69. The number of aryl methyl sites for hydroxylation is 1. The molecular formula is C9H10N2O2. The van der Waals surface area contributed by atoms with Gasteiger partial charge < -0.3 is 5.73 Å². The van der Waals surface area contributed by atoms with Gasteiger partial charge in [-0.2, -0.15) is 0 Å². The van der Waals surface area contributed by atoms with Crippen LogP contribution in [0.1, 0.15) is 15.9 Å². The first-order chi connectivity index (χ1) is 6.15. The van der Waals surface area contributed by atoms with E-state index in [0.29, 0.717) is 17.7 Å². The van der Waals surface area contributed by atoms with E-state index in [1.807, 2.05) is 0 Å². The molecule has 0 fully saturated rings. The second-order valence-electron chi connectivity index (χ2n) is 2.67. The summed E-state index contributed by atoms with van der Waals surface area (Å²) in [6, 6.07) is 4.88.